The molecule has 2 heterocycles. The van der Waals surface area contributed by atoms with E-state index in [0.717, 1.165) is 43.2 Å². The van der Waals surface area contributed by atoms with E-state index in [1.54, 1.807) is 4.57 Å². The van der Waals surface area contributed by atoms with Crippen LogP contribution >= 0.6 is 23.1 Å². The molecule has 0 aliphatic rings. The SMILES string of the molecule is Cc1cccc(-n2c(SCC(=O)c3cc(C)c(C)cc3C)nc3sc(C)c(C)c3c2=O)c1. The number of hydrogen-bond acceptors (Lipinski definition) is 5. The minimum Gasteiger partial charge on any atom is -0.293 e. The maximum atomic E-state index is 13.6. The molecule has 32 heavy (non-hydrogen) atoms. The van der Waals surface area contributed by atoms with Crippen LogP contribution in [0.5, 0.6) is 0 Å². The van der Waals surface area contributed by atoms with Gasteiger partial charge in [0.2, 0.25) is 0 Å². The van der Waals surface area contributed by atoms with E-state index in [-0.39, 0.29) is 17.1 Å². The summed E-state index contributed by atoms with van der Waals surface area (Å²) in [6.45, 7) is 12.0. The Bertz CT molecular complexity index is 1430. The number of benzene rings is 2. The van der Waals surface area contributed by atoms with Crippen molar-refractivity contribution in [3.05, 3.63) is 85.0 Å². The van der Waals surface area contributed by atoms with Crippen molar-refractivity contribution in [3.63, 3.8) is 0 Å². The summed E-state index contributed by atoms with van der Waals surface area (Å²) in [7, 11) is 0. The Morgan fingerprint density at radius 1 is 1.00 bits per heavy atom. The Morgan fingerprint density at radius 3 is 2.44 bits per heavy atom. The smallest absolute Gasteiger partial charge is 0.267 e. The van der Waals surface area contributed by atoms with Crippen LogP contribution in [-0.2, 0) is 0 Å². The van der Waals surface area contributed by atoms with Crippen molar-refractivity contribution >= 4 is 39.1 Å². The molecule has 6 heteroatoms. The Kier molecular flexibility index (Phi) is 6.10. The van der Waals surface area contributed by atoms with Gasteiger partial charge >= 0.3 is 0 Å². The normalized spacial score (nSPS) is 11.3. The highest BCUT2D eigenvalue weighted by Crippen LogP contribution is 2.30. The molecule has 2 aromatic heterocycles. The highest BCUT2D eigenvalue weighted by molar-refractivity contribution is 7.99. The molecule has 0 amide bonds. The van der Waals surface area contributed by atoms with Gasteiger partial charge in [0.05, 0.1) is 16.8 Å². The molecular formula is C26H26N2O2S2. The molecular weight excluding hydrogens is 436 g/mol. The molecule has 0 unspecified atom stereocenters. The molecule has 164 valence electrons. The largest absolute Gasteiger partial charge is 0.293 e. The average Bonchev–Trinajstić information content (AvgIpc) is 3.02. The second-order valence-electron chi connectivity index (χ2n) is 8.30. The topological polar surface area (TPSA) is 52.0 Å². The van der Waals surface area contributed by atoms with Crippen LogP contribution in [-0.4, -0.2) is 21.1 Å². The molecule has 0 aliphatic heterocycles. The molecule has 0 aliphatic carbocycles. The van der Waals surface area contributed by atoms with Gasteiger partial charge in [0.25, 0.3) is 5.56 Å². The van der Waals surface area contributed by atoms with Crippen LogP contribution in [0.3, 0.4) is 0 Å². The summed E-state index contributed by atoms with van der Waals surface area (Å²) in [6, 6.07) is 11.8. The number of carbonyl (C=O) groups excluding carboxylic acids is 1. The Labute approximate surface area is 196 Å². The van der Waals surface area contributed by atoms with Crippen LogP contribution in [0.25, 0.3) is 15.9 Å². The maximum Gasteiger partial charge on any atom is 0.267 e. The van der Waals surface area contributed by atoms with Crippen LogP contribution in [0.2, 0.25) is 0 Å². The predicted molar refractivity (Wildman–Crippen MR) is 135 cm³/mol. The van der Waals surface area contributed by atoms with Crippen molar-refractivity contribution in [3.8, 4) is 5.69 Å². The zero-order valence-corrected chi connectivity index (χ0v) is 20.8. The van der Waals surface area contributed by atoms with Crippen LogP contribution in [0, 0.1) is 41.5 Å². The number of aryl methyl sites for hydroxylation is 6. The van der Waals surface area contributed by atoms with Gasteiger partial charge in [0.15, 0.2) is 10.9 Å². The van der Waals surface area contributed by atoms with Crippen molar-refractivity contribution in [2.75, 3.05) is 5.75 Å². The van der Waals surface area contributed by atoms with Crippen molar-refractivity contribution in [2.45, 2.75) is 46.7 Å². The van der Waals surface area contributed by atoms with E-state index in [1.165, 1.54) is 28.7 Å². The number of fused-ring (bicyclic) bond motifs is 1. The molecule has 0 saturated carbocycles. The fraction of sp³-hybridized carbons (Fsp3) is 0.269. The molecule has 0 radical (unpaired) electrons. The van der Waals surface area contributed by atoms with E-state index in [2.05, 4.69) is 13.0 Å². The monoisotopic (exact) mass is 462 g/mol. The summed E-state index contributed by atoms with van der Waals surface area (Å²) in [5.74, 6) is 0.260. The summed E-state index contributed by atoms with van der Waals surface area (Å²) in [5.41, 5.74) is 6.70. The van der Waals surface area contributed by atoms with Gasteiger partial charge in [-0.05, 0) is 87.6 Å². The van der Waals surface area contributed by atoms with Gasteiger partial charge in [0.1, 0.15) is 4.83 Å². The molecule has 4 rings (SSSR count). The van der Waals surface area contributed by atoms with Gasteiger partial charge in [-0.1, -0.05) is 30.0 Å². The highest BCUT2D eigenvalue weighted by atomic mass is 32.2. The first-order valence-corrected chi connectivity index (χ1v) is 12.3. The number of ketones is 1. The minimum atomic E-state index is -0.0836. The van der Waals surface area contributed by atoms with E-state index in [4.69, 9.17) is 4.98 Å². The predicted octanol–water partition coefficient (Wildman–Crippen LogP) is 6.27. The Morgan fingerprint density at radius 2 is 1.72 bits per heavy atom. The first-order valence-electron chi connectivity index (χ1n) is 10.5. The van der Waals surface area contributed by atoms with E-state index in [9.17, 15) is 9.59 Å². The second-order valence-corrected chi connectivity index (χ2v) is 10.4. The summed E-state index contributed by atoms with van der Waals surface area (Å²) < 4.78 is 1.65. The first-order chi connectivity index (χ1) is 15.2. The lowest BCUT2D eigenvalue weighted by atomic mass is 9.99. The molecule has 0 atom stereocenters. The van der Waals surface area contributed by atoms with E-state index < -0.39 is 0 Å². The fourth-order valence-corrected chi connectivity index (χ4v) is 5.80. The van der Waals surface area contributed by atoms with E-state index in [1.807, 2.05) is 65.0 Å². The van der Waals surface area contributed by atoms with Crippen molar-refractivity contribution in [2.24, 2.45) is 0 Å². The zero-order valence-electron chi connectivity index (χ0n) is 19.2. The van der Waals surface area contributed by atoms with E-state index in [0.29, 0.717) is 10.5 Å². The second kappa shape index (κ2) is 8.68. The lowest BCUT2D eigenvalue weighted by molar-refractivity contribution is 0.102. The summed E-state index contributed by atoms with van der Waals surface area (Å²) in [4.78, 5) is 33.3. The third-order valence-corrected chi connectivity index (χ3v) is 7.95. The van der Waals surface area contributed by atoms with E-state index >= 15 is 0 Å². The van der Waals surface area contributed by atoms with Crippen molar-refractivity contribution in [1.82, 2.24) is 9.55 Å². The van der Waals surface area contributed by atoms with Crippen LogP contribution < -0.4 is 5.56 Å². The zero-order chi connectivity index (χ0) is 23.2. The number of Topliss-reactive ketones (excluding diaryl/α,β-unsaturated/α-hetero) is 1. The summed E-state index contributed by atoms with van der Waals surface area (Å²) in [6.07, 6.45) is 0. The Balaban J connectivity index is 1.80. The molecule has 4 nitrogen and oxygen atoms in total. The number of rotatable bonds is 5. The summed E-state index contributed by atoms with van der Waals surface area (Å²) in [5, 5.41) is 1.21. The first kappa shape index (κ1) is 22.5. The number of aromatic nitrogens is 2. The average molecular weight is 463 g/mol. The minimum absolute atomic E-state index is 0.0410. The van der Waals surface area contributed by atoms with Gasteiger partial charge in [-0.2, -0.15) is 0 Å². The van der Waals surface area contributed by atoms with Gasteiger partial charge < -0.3 is 0 Å². The van der Waals surface area contributed by atoms with Crippen molar-refractivity contribution in [1.29, 1.82) is 0 Å². The number of thioether (sulfide) groups is 1. The lowest BCUT2D eigenvalue weighted by Gasteiger charge is -2.13. The molecule has 0 fully saturated rings. The molecule has 2 aromatic carbocycles. The maximum absolute atomic E-state index is 13.6. The molecule has 0 spiro atoms. The van der Waals surface area contributed by atoms with Gasteiger partial charge in [-0.15, -0.1) is 11.3 Å². The molecule has 0 N–H and O–H groups in total. The number of thiophene rings is 1. The number of nitrogens with zero attached hydrogens (tertiary/aromatic N) is 2. The third-order valence-electron chi connectivity index (χ3n) is 5.91. The molecule has 0 saturated heterocycles. The molecule has 4 aromatic rings. The van der Waals surface area contributed by atoms with Gasteiger partial charge in [-0.3, -0.25) is 14.2 Å². The lowest BCUT2D eigenvalue weighted by Crippen LogP contribution is -2.22. The number of carbonyl (C=O) groups is 1. The van der Waals surface area contributed by atoms with Crippen LogP contribution in [0.15, 0.2) is 46.3 Å². The molecule has 0 bridgehead atoms. The van der Waals surface area contributed by atoms with Crippen LogP contribution in [0.1, 0.15) is 43.1 Å². The van der Waals surface area contributed by atoms with Crippen LogP contribution in [0.4, 0.5) is 0 Å². The Hall–Kier alpha value is -2.70. The third kappa shape index (κ3) is 4.05. The highest BCUT2D eigenvalue weighted by Gasteiger charge is 2.20. The quantitative estimate of drug-likeness (QED) is 0.199. The number of hydrogen-bond donors (Lipinski definition) is 0. The van der Waals surface area contributed by atoms with Gasteiger partial charge in [0, 0.05) is 10.4 Å². The standard InChI is InChI=1S/C26H26N2O2S2/c1-14-8-7-9-20(10-14)28-25(30)23-18(5)19(6)32-24(23)27-26(28)31-13-22(29)21-12-16(3)15(2)11-17(21)4/h7-12H,13H2,1-6H3. The summed E-state index contributed by atoms with van der Waals surface area (Å²) >= 11 is 2.85. The van der Waals surface area contributed by atoms with Crippen molar-refractivity contribution < 1.29 is 4.79 Å². The fourth-order valence-electron chi connectivity index (χ4n) is 3.84. The van der Waals surface area contributed by atoms with Gasteiger partial charge in [-0.25, -0.2) is 4.98 Å².